The molecule has 0 aromatic heterocycles. The van der Waals surface area contributed by atoms with Crippen LogP contribution in [-0.4, -0.2) is 8.42 Å². The van der Waals surface area contributed by atoms with Crippen LogP contribution in [-0.2, 0) is 15.6 Å². The number of benzene rings is 2. The van der Waals surface area contributed by atoms with E-state index < -0.39 is 49.3 Å². The van der Waals surface area contributed by atoms with Gasteiger partial charge in [0.25, 0.3) is 0 Å². The summed E-state index contributed by atoms with van der Waals surface area (Å²) >= 11 is 0. The van der Waals surface area contributed by atoms with E-state index in [4.69, 9.17) is 5.73 Å². The van der Waals surface area contributed by atoms with Gasteiger partial charge in [0.1, 0.15) is 28.2 Å². The van der Waals surface area contributed by atoms with Crippen LogP contribution in [0.3, 0.4) is 0 Å². The lowest BCUT2D eigenvalue weighted by molar-refractivity contribution is 0.518. The monoisotopic (exact) mass is 319 g/mol. The average Bonchev–Trinajstić information content (AvgIpc) is 2.30. The highest BCUT2D eigenvalue weighted by Gasteiger charge is 2.26. The normalized spacial score (nSPS) is 11.6. The van der Waals surface area contributed by atoms with Crippen molar-refractivity contribution in [2.45, 2.75) is 10.6 Å². The Morgan fingerprint density at radius 3 is 2.00 bits per heavy atom. The fraction of sp³-hybridized carbons (Fsp3) is 0.0769. The second-order valence-electron chi connectivity index (χ2n) is 4.31. The van der Waals surface area contributed by atoms with Gasteiger partial charge in [0.2, 0.25) is 0 Å². The quantitative estimate of drug-likeness (QED) is 0.699. The minimum Gasteiger partial charge on any atom is -0.399 e. The second kappa shape index (κ2) is 5.36. The van der Waals surface area contributed by atoms with Gasteiger partial charge in [-0.25, -0.2) is 26.0 Å². The summed E-state index contributed by atoms with van der Waals surface area (Å²) in [7, 11) is -4.49. The van der Waals surface area contributed by atoms with Crippen molar-refractivity contribution >= 4 is 15.5 Å². The summed E-state index contributed by atoms with van der Waals surface area (Å²) in [6, 6.07) is 3.54. The Morgan fingerprint density at radius 2 is 1.48 bits per heavy atom. The SMILES string of the molecule is Nc1cc(F)c(S(=O)(=O)Cc2ccc(F)cc2F)c(F)c1. The highest BCUT2D eigenvalue weighted by atomic mass is 32.2. The van der Waals surface area contributed by atoms with Gasteiger partial charge in [-0.1, -0.05) is 6.07 Å². The second-order valence-corrected chi connectivity index (χ2v) is 6.23. The van der Waals surface area contributed by atoms with Crippen molar-refractivity contribution in [1.82, 2.24) is 0 Å². The zero-order chi connectivity index (χ0) is 15.8. The summed E-state index contributed by atoms with van der Waals surface area (Å²) in [5.41, 5.74) is 4.51. The van der Waals surface area contributed by atoms with Crippen LogP contribution in [0.25, 0.3) is 0 Å². The molecule has 0 heterocycles. The summed E-state index contributed by atoms with van der Waals surface area (Å²) in [5.74, 6) is -5.74. The largest absolute Gasteiger partial charge is 0.399 e. The molecule has 0 radical (unpaired) electrons. The molecule has 112 valence electrons. The molecule has 0 saturated heterocycles. The molecule has 0 aliphatic carbocycles. The third-order valence-corrected chi connectivity index (χ3v) is 4.40. The van der Waals surface area contributed by atoms with Gasteiger partial charge in [-0.15, -0.1) is 0 Å². The van der Waals surface area contributed by atoms with Crippen LogP contribution < -0.4 is 5.73 Å². The lowest BCUT2D eigenvalue weighted by Gasteiger charge is -2.09. The lowest BCUT2D eigenvalue weighted by Crippen LogP contribution is -2.11. The number of nitrogen functional groups attached to an aromatic ring is 1. The summed E-state index contributed by atoms with van der Waals surface area (Å²) in [4.78, 5) is -1.19. The number of hydrogen-bond donors (Lipinski definition) is 1. The Labute approximate surface area is 117 Å². The van der Waals surface area contributed by atoms with E-state index in [-0.39, 0.29) is 5.69 Å². The summed E-state index contributed by atoms with van der Waals surface area (Å²) < 4.78 is 77.5. The Bertz CT molecular complexity index is 783. The van der Waals surface area contributed by atoms with Crippen LogP contribution in [0.15, 0.2) is 35.2 Å². The smallest absolute Gasteiger partial charge is 0.188 e. The number of sulfone groups is 1. The van der Waals surface area contributed by atoms with Crippen LogP contribution in [0.5, 0.6) is 0 Å². The van der Waals surface area contributed by atoms with Crippen molar-refractivity contribution in [1.29, 1.82) is 0 Å². The van der Waals surface area contributed by atoms with E-state index in [0.29, 0.717) is 18.2 Å². The first-order valence-corrected chi connectivity index (χ1v) is 7.27. The van der Waals surface area contributed by atoms with E-state index in [1.54, 1.807) is 0 Å². The summed E-state index contributed by atoms with van der Waals surface area (Å²) in [6.45, 7) is 0. The van der Waals surface area contributed by atoms with Crippen LogP contribution in [0.1, 0.15) is 5.56 Å². The third kappa shape index (κ3) is 3.15. The molecule has 2 aromatic carbocycles. The minimum atomic E-state index is -4.49. The van der Waals surface area contributed by atoms with Gasteiger partial charge < -0.3 is 5.73 Å². The molecule has 0 bridgehead atoms. The maximum atomic E-state index is 13.6. The first kappa shape index (κ1) is 15.3. The molecule has 0 saturated carbocycles. The molecule has 0 atom stereocenters. The van der Waals surface area contributed by atoms with E-state index in [9.17, 15) is 26.0 Å². The van der Waals surface area contributed by atoms with Gasteiger partial charge in [0.05, 0.1) is 5.75 Å². The van der Waals surface area contributed by atoms with Crippen LogP contribution in [0.4, 0.5) is 23.2 Å². The van der Waals surface area contributed by atoms with E-state index in [2.05, 4.69) is 0 Å². The Morgan fingerprint density at radius 1 is 0.905 bits per heavy atom. The molecule has 2 N–H and O–H groups in total. The Hall–Kier alpha value is -2.09. The topological polar surface area (TPSA) is 60.2 Å². The van der Waals surface area contributed by atoms with Crippen molar-refractivity contribution in [3.63, 3.8) is 0 Å². The third-order valence-electron chi connectivity index (χ3n) is 2.69. The zero-order valence-electron chi connectivity index (χ0n) is 10.4. The first-order chi connectivity index (χ1) is 9.70. The average molecular weight is 319 g/mol. The molecule has 3 nitrogen and oxygen atoms in total. The number of anilines is 1. The number of hydrogen-bond acceptors (Lipinski definition) is 3. The van der Waals surface area contributed by atoms with Gasteiger partial charge in [-0.2, -0.15) is 0 Å². The van der Waals surface area contributed by atoms with E-state index in [0.717, 1.165) is 12.1 Å². The maximum absolute atomic E-state index is 13.6. The van der Waals surface area contributed by atoms with Crippen LogP contribution in [0, 0.1) is 23.3 Å². The molecule has 2 aromatic rings. The van der Waals surface area contributed by atoms with E-state index >= 15 is 0 Å². The van der Waals surface area contributed by atoms with Crippen LogP contribution >= 0.6 is 0 Å². The molecule has 0 amide bonds. The van der Waals surface area contributed by atoms with Crippen molar-refractivity contribution in [3.8, 4) is 0 Å². The first-order valence-electron chi connectivity index (χ1n) is 5.62. The molecule has 0 unspecified atom stereocenters. The van der Waals surface area contributed by atoms with Gasteiger partial charge in [0.15, 0.2) is 9.84 Å². The molecule has 21 heavy (non-hydrogen) atoms. The van der Waals surface area contributed by atoms with Crippen molar-refractivity contribution in [2.75, 3.05) is 5.73 Å². The number of nitrogens with two attached hydrogens (primary N) is 1. The Balaban J connectivity index is 2.48. The molecule has 2 rings (SSSR count). The molecule has 0 fully saturated rings. The van der Waals surface area contributed by atoms with Gasteiger partial charge in [-0.05, 0) is 18.2 Å². The van der Waals surface area contributed by atoms with Crippen molar-refractivity contribution in [2.24, 2.45) is 0 Å². The number of halogens is 4. The predicted molar refractivity (Wildman–Crippen MR) is 68.0 cm³/mol. The van der Waals surface area contributed by atoms with Crippen molar-refractivity contribution in [3.05, 3.63) is 59.2 Å². The molecular weight excluding hydrogens is 310 g/mol. The Kier molecular flexibility index (Phi) is 3.91. The maximum Gasteiger partial charge on any atom is 0.188 e. The highest BCUT2D eigenvalue weighted by Crippen LogP contribution is 2.26. The zero-order valence-corrected chi connectivity index (χ0v) is 11.2. The molecular formula is C13H9F4NO2S. The predicted octanol–water partition coefficient (Wildman–Crippen LogP) is 2.80. The fourth-order valence-electron chi connectivity index (χ4n) is 1.79. The van der Waals surface area contributed by atoms with E-state index in [1.807, 2.05) is 0 Å². The highest BCUT2D eigenvalue weighted by molar-refractivity contribution is 7.90. The summed E-state index contributed by atoms with van der Waals surface area (Å²) in [6.07, 6.45) is 0. The molecule has 0 spiro atoms. The van der Waals surface area contributed by atoms with Gasteiger partial charge >= 0.3 is 0 Å². The standard InChI is InChI=1S/C13H9F4NO2S/c14-8-2-1-7(10(15)3-8)6-21(19,20)13-11(16)4-9(18)5-12(13)17/h1-5H,6,18H2. The van der Waals surface area contributed by atoms with Gasteiger partial charge in [0, 0.05) is 17.3 Å². The fourth-order valence-corrected chi connectivity index (χ4v) is 3.29. The molecule has 8 heteroatoms. The van der Waals surface area contributed by atoms with Crippen molar-refractivity contribution < 1.29 is 26.0 Å². The minimum absolute atomic E-state index is 0.281. The molecule has 0 aliphatic rings. The van der Waals surface area contributed by atoms with Crippen LogP contribution in [0.2, 0.25) is 0 Å². The van der Waals surface area contributed by atoms with E-state index in [1.165, 1.54) is 0 Å². The summed E-state index contributed by atoms with van der Waals surface area (Å²) in [5, 5.41) is 0. The molecule has 0 aliphatic heterocycles. The lowest BCUT2D eigenvalue weighted by atomic mass is 10.2. The number of rotatable bonds is 3. The van der Waals surface area contributed by atoms with Gasteiger partial charge in [-0.3, -0.25) is 0 Å².